The molecule has 0 saturated carbocycles. The second-order valence-electron chi connectivity index (χ2n) is 2.80. The van der Waals surface area contributed by atoms with E-state index in [2.05, 4.69) is 9.98 Å². The standard InChI is InChI=1S/C9H7N5S/c10-4-14-8(12)7-6(11)5-2-1-3-13-9(5)15-7/h1-3H,11H2,(H2,12,14). The molecule has 0 unspecified atom stereocenters. The molecule has 2 rings (SSSR count). The Morgan fingerprint density at radius 1 is 1.60 bits per heavy atom. The highest BCUT2D eigenvalue weighted by molar-refractivity contribution is 7.21. The van der Waals surface area contributed by atoms with E-state index in [0.29, 0.717) is 10.6 Å². The maximum atomic E-state index is 8.39. The highest BCUT2D eigenvalue weighted by Gasteiger charge is 2.12. The lowest BCUT2D eigenvalue weighted by molar-refractivity contribution is 1.42. The maximum absolute atomic E-state index is 8.39. The van der Waals surface area contributed by atoms with Gasteiger partial charge in [-0.1, -0.05) is 0 Å². The first kappa shape index (κ1) is 9.43. The Hall–Kier alpha value is -2.13. The van der Waals surface area contributed by atoms with Crippen LogP contribution >= 0.6 is 11.3 Å². The van der Waals surface area contributed by atoms with E-state index in [0.717, 1.165) is 10.2 Å². The Morgan fingerprint density at radius 2 is 2.40 bits per heavy atom. The van der Waals surface area contributed by atoms with Crippen LogP contribution in [0.5, 0.6) is 0 Å². The van der Waals surface area contributed by atoms with Gasteiger partial charge < -0.3 is 11.5 Å². The van der Waals surface area contributed by atoms with Gasteiger partial charge in [0.05, 0.1) is 10.6 Å². The molecule has 0 aromatic carbocycles. The average molecular weight is 217 g/mol. The lowest BCUT2D eigenvalue weighted by Crippen LogP contribution is -2.12. The number of thiophene rings is 1. The molecule has 5 nitrogen and oxygen atoms in total. The lowest BCUT2D eigenvalue weighted by atomic mass is 10.2. The fourth-order valence-electron chi connectivity index (χ4n) is 1.25. The van der Waals surface area contributed by atoms with Crippen molar-refractivity contribution in [3.63, 3.8) is 0 Å². The predicted octanol–water partition coefficient (Wildman–Crippen LogP) is 1.06. The summed E-state index contributed by atoms with van der Waals surface area (Å²) >= 11 is 1.33. The van der Waals surface area contributed by atoms with Gasteiger partial charge in [0.2, 0.25) is 6.19 Å². The first-order valence-corrected chi connectivity index (χ1v) is 4.91. The van der Waals surface area contributed by atoms with Gasteiger partial charge in [-0.25, -0.2) is 4.98 Å². The van der Waals surface area contributed by atoms with Gasteiger partial charge in [0.25, 0.3) is 0 Å². The largest absolute Gasteiger partial charge is 0.397 e. The first-order valence-electron chi connectivity index (χ1n) is 4.09. The zero-order chi connectivity index (χ0) is 10.8. The quantitative estimate of drug-likeness (QED) is 0.423. The van der Waals surface area contributed by atoms with Crippen molar-refractivity contribution in [2.45, 2.75) is 0 Å². The SMILES string of the molecule is N#CN=C(N)c1sc2ncccc2c1N. The van der Waals surface area contributed by atoms with Crippen LogP contribution in [0.25, 0.3) is 10.2 Å². The number of nitrogens with two attached hydrogens (primary N) is 2. The fourth-order valence-corrected chi connectivity index (χ4v) is 2.21. The maximum Gasteiger partial charge on any atom is 0.207 e. The third-order valence-electron chi connectivity index (χ3n) is 1.91. The lowest BCUT2D eigenvalue weighted by Gasteiger charge is -1.94. The molecule has 74 valence electrons. The van der Waals surface area contributed by atoms with Gasteiger partial charge in [0.15, 0.2) is 5.84 Å². The van der Waals surface area contributed by atoms with Crippen molar-refractivity contribution in [1.29, 1.82) is 5.26 Å². The van der Waals surface area contributed by atoms with Gasteiger partial charge in [-0.05, 0) is 12.1 Å². The van der Waals surface area contributed by atoms with Gasteiger partial charge in [0.1, 0.15) is 4.83 Å². The number of fused-ring (bicyclic) bond motifs is 1. The van der Waals surface area contributed by atoms with Crippen LogP contribution in [0, 0.1) is 11.5 Å². The number of hydrogen-bond donors (Lipinski definition) is 2. The minimum Gasteiger partial charge on any atom is -0.397 e. The van der Waals surface area contributed by atoms with Crippen molar-refractivity contribution < 1.29 is 0 Å². The number of hydrogen-bond acceptors (Lipinski definition) is 5. The molecule has 0 bridgehead atoms. The smallest absolute Gasteiger partial charge is 0.207 e. The van der Waals surface area contributed by atoms with Gasteiger partial charge in [-0.15, -0.1) is 11.3 Å². The van der Waals surface area contributed by atoms with Crippen LogP contribution in [0.15, 0.2) is 23.3 Å². The summed E-state index contributed by atoms with van der Waals surface area (Å²) in [7, 11) is 0. The third-order valence-corrected chi connectivity index (χ3v) is 3.06. The van der Waals surface area contributed by atoms with Crippen LogP contribution in [-0.4, -0.2) is 10.8 Å². The topological polar surface area (TPSA) is 101 Å². The Bertz CT molecular complexity index is 578. The number of nitrogens with zero attached hydrogens (tertiary/aromatic N) is 3. The summed E-state index contributed by atoms with van der Waals surface area (Å²) in [6.07, 6.45) is 3.31. The highest BCUT2D eigenvalue weighted by atomic mass is 32.1. The third kappa shape index (κ3) is 1.49. The summed E-state index contributed by atoms with van der Waals surface area (Å²) in [4.78, 5) is 9.00. The van der Waals surface area contributed by atoms with Crippen LogP contribution in [-0.2, 0) is 0 Å². The van der Waals surface area contributed by atoms with E-state index in [-0.39, 0.29) is 5.84 Å². The van der Waals surface area contributed by atoms with E-state index >= 15 is 0 Å². The minimum absolute atomic E-state index is 0.137. The molecular weight excluding hydrogens is 210 g/mol. The van der Waals surface area contributed by atoms with Crippen molar-refractivity contribution in [2.75, 3.05) is 5.73 Å². The zero-order valence-corrected chi connectivity index (χ0v) is 8.45. The molecule has 0 aliphatic carbocycles. The van der Waals surface area contributed by atoms with Gasteiger partial charge >= 0.3 is 0 Å². The van der Waals surface area contributed by atoms with Crippen LogP contribution < -0.4 is 11.5 Å². The second kappa shape index (κ2) is 3.55. The zero-order valence-electron chi connectivity index (χ0n) is 7.64. The van der Waals surface area contributed by atoms with E-state index in [1.54, 1.807) is 18.5 Å². The number of pyridine rings is 1. The molecule has 0 aliphatic heterocycles. The Labute approximate surface area is 89.7 Å². The van der Waals surface area contributed by atoms with Crippen molar-refractivity contribution in [3.8, 4) is 6.19 Å². The molecule has 0 saturated heterocycles. The molecule has 2 aromatic heterocycles. The van der Waals surface area contributed by atoms with Crippen LogP contribution in [0.4, 0.5) is 5.69 Å². The van der Waals surface area contributed by atoms with E-state index in [1.807, 2.05) is 6.07 Å². The predicted molar refractivity (Wildman–Crippen MR) is 60.4 cm³/mol. The van der Waals surface area contributed by atoms with Crippen molar-refractivity contribution in [2.24, 2.45) is 10.7 Å². The monoisotopic (exact) mass is 217 g/mol. The summed E-state index contributed by atoms with van der Waals surface area (Å²) in [6, 6.07) is 3.66. The second-order valence-corrected chi connectivity index (χ2v) is 3.80. The molecule has 0 fully saturated rings. The summed E-state index contributed by atoms with van der Waals surface area (Å²) < 4.78 is 0. The van der Waals surface area contributed by atoms with Crippen molar-refractivity contribution in [3.05, 3.63) is 23.2 Å². The number of aromatic nitrogens is 1. The number of rotatable bonds is 1. The van der Waals surface area contributed by atoms with Crippen LogP contribution in [0.1, 0.15) is 4.88 Å². The summed E-state index contributed by atoms with van der Waals surface area (Å²) in [5, 5.41) is 9.24. The fraction of sp³-hybridized carbons (Fsp3) is 0. The molecule has 4 N–H and O–H groups in total. The van der Waals surface area contributed by atoms with Crippen molar-refractivity contribution in [1.82, 2.24) is 4.98 Å². The van der Waals surface area contributed by atoms with Gasteiger partial charge in [-0.2, -0.15) is 10.3 Å². The summed E-state index contributed by atoms with van der Waals surface area (Å²) in [5.74, 6) is 0.137. The van der Waals surface area contributed by atoms with Crippen LogP contribution in [0.2, 0.25) is 0 Å². The molecule has 0 amide bonds. The summed E-state index contributed by atoms with van der Waals surface area (Å²) in [6.45, 7) is 0. The first-order chi connectivity index (χ1) is 7.24. The van der Waals surface area contributed by atoms with Gasteiger partial charge in [-0.3, -0.25) is 0 Å². The van der Waals surface area contributed by atoms with Crippen LogP contribution in [0.3, 0.4) is 0 Å². The molecule has 6 heteroatoms. The number of amidine groups is 1. The molecular formula is C9H7N5S. The number of aliphatic imine (C=N–C) groups is 1. The van der Waals surface area contributed by atoms with E-state index in [4.69, 9.17) is 16.7 Å². The Morgan fingerprint density at radius 3 is 3.07 bits per heavy atom. The molecule has 0 spiro atoms. The number of anilines is 1. The average Bonchev–Trinajstić information content (AvgIpc) is 2.57. The molecule has 15 heavy (non-hydrogen) atoms. The van der Waals surface area contributed by atoms with Gasteiger partial charge in [0, 0.05) is 11.6 Å². The molecule has 2 aromatic rings. The highest BCUT2D eigenvalue weighted by Crippen LogP contribution is 2.31. The molecule has 0 aliphatic rings. The Kier molecular flexibility index (Phi) is 2.23. The summed E-state index contributed by atoms with van der Waals surface area (Å²) in [5.41, 5.74) is 12.0. The van der Waals surface area contributed by atoms with E-state index in [1.165, 1.54) is 11.3 Å². The van der Waals surface area contributed by atoms with Crippen molar-refractivity contribution >= 4 is 33.1 Å². The van der Waals surface area contributed by atoms with E-state index in [9.17, 15) is 0 Å². The number of nitriles is 1. The van der Waals surface area contributed by atoms with E-state index < -0.39 is 0 Å². The number of nitrogen functional groups attached to an aromatic ring is 1. The molecule has 0 atom stereocenters. The molecule has 2 heterocycles. The minimum atomic E-state index is 0.137. The normalized spacial score (nSPS) is 11.5. The Balaban J connectivity index is 2.69. The molecule has 0 radical (unpaired) electrons.